The number of nitrogens with one attached hydrogen (secondary N) is 1. The van der Waals surface area contributed by atoms with E-state index in [1.165, 1.54) is 25.1 Å². The molecule has 0 radical (unpaired) electrons. The molecule has 2 aromatic carbocycles. The summed E-state index contributed by atoms with van der Waals surface area (Å²) in [4.78, 5) is 11.5. The minimum atomic E-state index is -3.74. The Morgan fingerprint density at radius 1 is 1.08 bits per heavy atom. The lowest BCUT2D eigenvalue weighted by Gasteiger charge is -2.10. The Morgan fingerprint density at radius 3 is 2.42 bits per heavy atom. The third-order valence-corrected chi connectivity index (χ3v) is 4.61. The molecule has 2 aromatic rings. The summed E-state index contributed by atoms with van der Waals surface area (Å²) >= 11 is 0. The highest BCUT2D eigenvalue weighted by atomic mass is 32.2. The number of carbonyl (C=O) groups is 1. The zero-order valence-corrected chi connectivity index (χ0v) is 14.3. The number of hydrogen-bond donors (Lipinski definition) is 1. The third-order valence-electron chi connectivity index (χ3n) is 3.21. The lowest BCUT2D eigenvalue weighted by molar-refractivity contribution is 0.101. The zero-order chi connectivity index (χ0) is 17.6. The number of ether oxygens (including phenoxy) is 2. The summed E-state index contributed by atoms with van der Waals surface area (Å²) in [6.07, 6.45) is 0. The number of anilines is 1. The monoisotopic (exact) mass is 349 g/mol. The van der Waals surface area contributed by atoms with Crippen LogP contribution < -0.4 is 9.46 Å². The van der Waals surface area contributed by atoms with E-state index in [0.29, 0.717) is 30.2 Å². The zero-order valence-electron chi connectivity index (χ0n) is 13.5. The summed E-state index contributed by atoms with van der Waals surface area (Å²) in [7, 11) is -2.16. The lowest BCUT2D eigenvalue weighted by atomic mass is 10.1. The van der Waals surface area contributed by atoms with Crippen molar-refractivity contribution in [2.45, 2.75) is 11.8 Å². The van der Waals surface area contributed by atoms with Crippen LogP contribution in [0, 0.1) is 0 Å². The number of methoxy groups -OCH3 is 1. The number of rotatable bonds is 8. The van der Waals surface area contributed by atoms with Crippen LogP contribution in [0.25, 0.3) is 0 Å². The second kappa shape index (κ2) is 7.94. The number of sulfonamides is 1. The third kappa shape index (κ3) is 4.81. The molecule has 0 saturated heterocycles. The smallest absolute Gasteiger partial charge is 0.261 e. The van der Waals surface area contributed by atoms with Gasteiger partial charge >= 0.3 is 0 Å². The highest BCUT2D eigenvalue weighted by molar-refractivity contribution is 7.92. The molecule has 0 spiro atoms. The largest absolute Gasteiger partial charge is 0.491 e. The summed E-state index contributed by atoms with van der Waals surface area (Å²) in [5.41, 5.74) is 0.778. The molecule has 0 aliphatic rings. The summed E-state index contributed by atoms with van der Waals surface area (Å²) in [5, 5.41) is 0. The molecule has 24 heavy (non-hydrogen) atoms. The van der Waals surface area contributed by atoms with Crippen LogP contribution in [0.15, 0.2) is 53.4 Å². The lowest BCUT2D eigenvalue weighted by Crippen LogP contribution is -2.13. The van der Waals surface area contributed by atoms with Gasteiger partial charge in [0, 0.05) is 18.4 Å². The fraction of sp³-hybridized carbons (Fsp3) is 0.235. The maximum atomic E-state index is 12.4. The molecule has 0 saturated carbocycles. The normalized spacial score (nSPS) is 11.1. The number of Topliss-reactive ketones (excluding diaryl/α,β-unsaturated/α-hetero) is 1. The Morgan fingerprint density at radius 2 is 1.79 bits per heavy atom. The predicted octanol–water partition coefficient (Wildman–Crippen LogP) is 2.72. The van der Waals surface area contributed by atoms with Crippen molar-refractivity contribution in [3.63, 3.8) is 0 Å². The van der Waals surface area contributed by atoms with Crippen LogP contribution in [-0.4, -0.2) is 34.5 Å². The first-order valence-electron chi connectivity index (χ1n) is 7.28. The second-order valence-corrected chi connectivity index (χ2v) is 6.74. The average molecular weight is 349 g/mol. The number of ketones is 1. The summed E-state index contributed by atoms with van der Waals surface area (Å²) in [6.45, 7) is 2.27. The van der Waals surface area contributed by atoms with E-state index in [-0.39, 0.29) is 10.7 Å². The summed E-state index contributed by atoms with van der Waals surface area (Å²) in [5.74, 6) is 0.429. The molecule has 0 unspecified atom stereocenters. The Labute approximate surface area is 141 Å². The number of hydrogen-bond acceptors (Lipinski definition) is 5. The standard InChI is InChI=1S/C17H19NO5S/c1-13(19)14-4-3-5-15(12-14)18-24(20,21)17-8-6-16(7-9-17)23-11-10-22-2/h3-9,12,18H,10-11H2,1-2H3. The molecule has 6 nitrogen and oxygen atoms in total. The molecule has 0 bridgehead atoms. The molecule has 7 heteroatoms. The number of carbonyl (C=O) groups excluding carboxylic acids is 1. The van der Waals surface area contributed by atoms with Gasteiger partial charge in [0.25, 0.3) is 10.0 Å². The first-order valence-corrected chi connectivity index (χ1v) is 8.76. The highest BCUT2D eigenvalue weighted by Crippen LogP contribution is 2.20. The minimum absolute atomic E-state index is 0.106. The molecule has 0 fully saturated rings. The Kier molecular flexibility index (Phi) is 5.94. The van der Waals surface area contributed by atoms with Crippen LogP contribution in [0.5, 0.6) is 5.75 Å². The van der Waals surface area contributed by atoms with Gasteiger partial charge in [0.1, 0.15) is 12.4 Å². The maximum Gasteiger partial charge on any atom is 0.261 e. The Bertz CT molecular complexity index is 800. The van der Waals surface area contributed by atoms with Crippen molar-refractivity contribution in [3.8, 4) is 5.75 Å². The van der Waals surface area contributed by atoms with E-state index < -0.39 is 10.0 Å². The van der Waals surface area contributed by atoms with Gasteiger partial charge in [-0.05, 0) is 43.3 Å². The maximum absolute atomic E-state index is 12.4. The van der Waals surface area contributed by atoms with E-state index in [1.807, 2.05) is 0 Å². The Balaban J connectivity index is 2.12. The van der Waals surface area contributed by atoms with Crippen molar-refractivity contribution in [2.24, 2.45) is 0 Å². The van der Waals surface area contributed by atoms with Gasteiger partial charge in [-0.2, -0.15) is 0 Å². The van der Waals surface area contributed by atoms with E-state index in [0.717, 1.165) is 0 Å². The Hall–Kier alpha value is -2.38. The molecule has 2 rings (SSSR count). The van der Waals surface area contributed by atoms with Crippen molar-refractivity contribution in [1.29, 1.82) is 0 Å². The van der Waals surface area contributed by atoms with E-state index in [2.05, 4.69) is 4.72 Å². The van der Waals surface area contributed by atoms with E-state index in [4.69, 9.17) is 9.47 Å². The quantitative estimate of drug-likeness (QED) is 0.585. The topological polar surface area (TPSA) is 81.7 Å². The van der Waals surface area contributed by atoms with Crippen LogP contribution in [0.4, 0.5) is 5.69 Å². The molecule has 0 aliphatic heterocycles. The molecule has 1 N–H and O–H groups in total. The van der Waals surface area contributed by atoms with E-state index in [9.17, 15) is 13.2 Å². The van der Waals surface area contributed by atoms with Gasteiger partial charge in [0.05, 0.1) is 11.5 Å². The van der Waals surface area contributed by atoms with E-state index >= 15 is 0 Å². The van der Waals surface area contributed by atoms with Crippen LogP contribution in [0.1, 0.15) is 17.3 Å². The van der Waals surface area contributed by atoms with Crippen molar-refractivity contribution < 1.29 is 22.7 Å². The van der Waals surface area contributed by atoms with Gasteiger partial charge in [0.2, 0.25) is 0 Å². The van der Waals surface area contributed by atoms with Gasteiger partial charge in [-0.15, -0.1) is 0 Å². The predicted molar refractivity (Wildman–Crippen MR) is 91.1 cm³/mol. The van der Waals surface area contributed by atoms with Gasteiger partial charge in [-0.1, -0.05) is 12.1 Å². The fourth-order valence-electron chi connectivity index (χ4n) is 1.97. The van der Waals surface area contributed by atoms with Crippen molar-refractivity contribution >= 4 is 21.5 Å². The molecular weight excluding hydrogens is 330 g/mol. The van der Waals surface area contributed by atoms with Crippen LogP contribution in [-0.2, 0) is 14.8 Å². The second-order valence-electron chi connectivity index (χ2n) is 5.06. The first kappa shape index (κ1) is 18.0. The molecule has 0 aromatic heterocycles. The summed E-state index contributed by atoms with van der Waals surface area (Å²) in [6, 6.07) is 12.4. The molecule has 0 amide bonds. The van der Waals surface area contributed by atoms with Crippen LogP contribution in [0.2, 0.25) is 0 Å². The molecule has 128 valence electrons. The molecule has 0 atom stereocenters. The van der Waals surface area contributed by atoms with Crippen molar-refractivity contribution in [1.82, 2.24) is 0 Å². The van der Waals surface area contributed by atoms with E-state index in [1.54, 1.807) is 37.4 Å². The first-order chi connectivity index (χ1) is 11.4. The summed E-state index contributed by atoms with van der Waals surface area (Å²) < 4.78 is 37.5. The average Bonchev–Trinajstić information content (AvgIpc) is 2.55. The minimum Gasteiger partial charge on any atom is -0.491 e. The molecule has 0 heterocycles. The van der Waals surface area contributed by atoms with Crippen LogP contribution in [0.3, 0.4) is 0 Å². The molecule has 0 aliphatic carbocycles. The van der Waals surface area contributed by atoms with Crippen LogP contribution >= 0.6 is 0 Å². The van der Waals surface area contributed by atoms with Gasteiger partial charge < -0.3 is 9.47 Å². The number of benzene rings is 2. The molecular formula is C17H19NO5S. The van der Waals surface area contributed by atoms with Crippen molar-refractivity contribution in [3.05, 3.63) is 54.1 Å². The fourth-order valence-corrected chi connectivity index (χ4v) is 3.02. The highest BCUT2D eigenvalue weighted by Gasteiger charge is 2.14. The SMILES string of the molecule is COCCOc1ccc(S(=O)(=O)Nc2cccc(C(C)=O)c2)cc1. The van der Waals surface area contributed by atoms with Gasteiger partial charge in [-0.25, -0.2) is 8.42 Å². The van der Waals surface area contributed by atoms with Gasteiger partial charge in [0.15, 0.2) is 5.78 Å². The van der Waals surface area contributed by atoms with Crippen molar-refractivity contribution in [2.75, 3.05) is 25.0 Å². The van der Waals surface area contributed by atoms with Gasteiger partial charge in [-0.3, -0.25) is 9.52 Å².